The molecule has 0 spiro atoms. The number of nitrogens with zero attached hydrogens (tertiary/aromatic N) is 2. The second-order valence-electron chi connectivity index (χ2n) is 4.63. The molecule has 0 saturated carbocycles. The van der Waals surface area contributed by atoms with E-state index in [-0.39, 0.29) is 5.56 Å². The molecular formula is C17H13N3O2S. The molecule has 0 aliphatic carbocycles. The lowest BCUT2D eigenvalue weighted by Crippen LogP contribution is -2.20. The quantitative estimate of drug-likeness (QED) is 0.437. The van der Waals surface area contributed by atoms with Crippen molar-refractivity contribution in [1.82, 2.24) is 15.4 Å². The van der Waals surface area contributed by atoms with Crippen LogP contribution in [-0.4, -0.2) is 21.1 Å². The zero-order chi connectivity index (χ0) is 16.1. The van der Waals surface area contributed by atoms with E-state index in [0.29, 0.717) is 10.9 Å². The summed E-state index contributed by atoms with van der Waals surface area (Å²) in [6, 6.07) is 19.1. The summed E-state index contributed by atoms with van der Waals surface area (Å²) >= 11 is 1.34. The lowest BCUT2D eigenvalue weighted by Gasteiger charge is -2.08. The zero-order valence-electron chi connectivity index (χ0n) is 12.0. The molecule has 2 N–H and O–H groups in total. The Morgan fingerprint density at radius 1 is 1.00 bits per heavy atom. The highest BCUT2D eigenvalue weighted by molar-refractivity contribution is 7.99. The van der Waals surface area contributed by atoms with Crippen LogP contribution in [0.25, 0.3) is 11.4 Å². The number of aromatic nitrogens is 2. The number of hydroxylamine groups is 1. The summed E-state index contributed by atoms with van der Waals surface area (Å²) in [6.07, 6.45) is 1.42. The van der Waals surface area contributed by atoms with Gasteiger partial charge in [0.25, 0.3) is 5.91 Å². The number of hydrogen-bond donors (Lipinski definition) is 2. The van der Waals surface area contributed by atoms with Gasteiger partial charge in [-0.3, -0.25) is 10.0 Å². The topological polar surface area (TPSA) is 75.1 Å². The lowest BCUT2D eigenvalue weighted by atomic mass is 10.2. The molecule has 23 heavy (non-hydrogen) atoms. The van der Waals surface area contributed by atoms with E-state index in [0.717, 1.165) is 10.5 Å². The Morgan fingerprint density at radius 2 is 1.65 bits per heavy atom. The Kier molecular flexibility index (Phi) is 4.65. The molecule has 1 heterocycles. The van der Waals surface area contributed by atoms with Crippen molar-refractivity contribution in [1.29, 1.82) is 0 Å². The van der Waals surface area contributed by atoms with Crippen LogP contribution in [0.1, 0.15) is 10.4 Å². The van der Waals surface area contributed by atoms with Crippen molar-refractivity contribution in [2.75, 3.05) is 0 Å². The minimum Gasteiger partial charge on any atom is -0.288 e. The maximum absolute atomic E-state index is 11.8. The zero-order valence-corrected chi connectivity index (χ0v) is 12.8. The van der Waals surface area contributed by atoms with Gasteiger partial charge in [-0.15, -0.1) is 0 Å². The molecular weight excluding hydrogens is 310 g/mol. The second kappa shape index (κ2) is 7.04. The first-order valence-corrected chi connectivity index (χ1v) is 7.69. The van der Waals surface area contributed by atoms with Gasteiger partial charge in [-0.05, 0) is 12.1 Å². The lowest BCUT2D eigenvalue weighted by molar-refractivity contribution is 0.0702. The maximum atomic E-state index is 11.8. The monoisotopic (exact) mass is 323 g/mol. The van der Waals surface area contributed by atoms with Gasteiger partial charge in [-0.25, -0.2) is 15.4 Å². The third-order valence-electron chi connectivity index (χ3n) is 3.09. The average molecular weight is 323 g/mol. The van der Waals surface area contributed by atoms with E-state index in [1.165, 1.54) is 18.0 Å². The molecule has 3 aromatic rings. The molecule has 0 aliphatic rings. The van der Waals surface area contributed by atoms with Crippen LogP contribution in [0.4, 0.5) is 0 Å². The molecule has 0 atom stereocenters. The van der Waals surface area contributed by atoms with E-state index in [2.05, 4.69) is 9.97 Å². The fraction of sp³-hybridized carbons (Fsp3) is 0. The van der Waals surface area contributed by atoms with Crippen molar-refractivity contribution in [3.63, 3.8) is 0 Å². The summed E-state index contributed by atoms with van der Waals surface area (Å²) in [5.74, 6) is -0.110. The van der Waals surface area contributed by atoms with Gasteiger partial charge in [0.15, 0.2) is 5.82 Å². The molecule has 5 nitrogen and oxygen atoms in total. The molecule has 1 aromatic heterocycles. The highest BCUT2D eigenvalue weighted by Gasteiger charge is 2.16. The number of nitrogens with one attached hydrogen (secondary N) is 1. The Labute approximate surface area is 137 Å². The molecule has 0 radical (unpaired) electrons. The number of amides is 1. The Balaban J connectivity index is 2.04. The first kappa shape index (κ1) is 15.2. The fourth-order valence-electron chi connectivity index (χ4n) is 1.99. The van der Waals surface area contributed by atoms with Crippen LogP contribution in [0.2, 0.25) is 0 Å². The Bertz CT molecular complexity index is 811. The Morgan fingerprint density at radius 3 is 2.30 bits per heavy atom. The van der Waals surface area contributed by atoms with Crippen LogP contribution in [-0.2, 0) is 0 Å². The third kappa shape index (κ3) is 3.56. The number of carbonyl (C=O) groups excluding carboxylic acids is 1. The minimum absolute atomic E-state index is 0.223. The van der Waals surface area contributed by atoms with Gasteiger partial charge in [-0.1, -0.05) is 60.3 Å². The molecule has 3 rings (SSSR count). The number of benzene rings is 2. The van der Waals surface area contributed by atoms with Crippen LogP contribution < -0.4 is 5.48 Å². The first-order valence-electron chi connectivity index (χ1n) is 6.88. The molecule has 0 saturated heterocycles. The van der Waals surface area contributed by atoms with Crippen LogP contribution in [0.15, 0.2) is 76.8 Å². The highest BCUT2D eigenvalue weighted by atomic mass is 32.2. The summed E-state index contributed by atoms with van der Waals surface area (Å²) in [7, 11) is 0. The number of carbonyl (C=O) groups is 1. The Hall–Kier alpha value is -2.70. The van der Waals surface area contributed by atoms with E-state index in [4.69, 9.17) is 5.21 Å². The van der Waals surface area contributed by atoms with Crippen LogP contribution in [0.3, 0.4) is 0 Å². The minimum atomic E-state index is -0.636. The summed E-state index contributed by atoms with van der Waals surface area (Å²) in [5, 5.41) is 9.38. The molecule has 2 aromatic carbocycles. The molecule has 0 unspecified atom stereocenters. The largest absolute Gasteiger partial charge is 0.288 e. The fourth-order valence-corrected chi connectivity index (χ4v) is 2.89. The molecule has 114 valence electrons. The summed E-state index contributed by atoms with van der Waals surface area (Å²) in [4.78, 5) is 21.5. The second-order valence-corrected chi connectivity index (χ2v) is 5.70. The van der Waals surface area contributed by atoms with Gasteiger partial charge in [-0.2, -0.15) is 0 Å². The van der Waals surface area contributed by atoms with Crippen LogP contribution >= 0.6 is 11.8 Å². The summed E-state index contributed by atoms with van der Waals surface area (Å²) < 4.78 is 0. The molecule has 6 heteroatoms. The number of rotatable bonds is 4. The van der Waals surface area contributed by atoms with E-state index in [9.17, 15) is 4.79 Å². The van der Waals surface area contributed by atoms with Gasteiger partial charge in [0, 0.05) is 16.7 Å². The summed E-state index contributed by atoms with van der Waals surface area (Å²) in [6.45, 7) is 0. The van der Waals surface area contributed by atoms with E-state index >= 15 is 0 Å². The van der Waals surface area contributed by atoms with Crippen molar-refractivity contribution < 1.29 is 10.0 Å². The molecule has 0 fully saturated rings. The van der Waals surface area contributed by atoms with Crippen molar-refractivity contribution in [2.45, 2.75) is 9.92 Å². The highest BCUT2D eigenvalue weighted by Crippen LogP contribution is 2.30. The molecule has 1 amide bonds. The van der Waals surface area contributed by atoms with Gasteiger partial charge >= 0.3 is 0 Å². The van der Waals surface area contributed by atoms with E-state index < -0.39 is 5.91 Å². The predicted octanol–water partition coefficient (Wildman–Crippen LogP) is 3.41. The SMILES string of the molecule is O=C(NO)c1cnc(-c2ccccc2)nc1Sc1ccccc1. The van der Waals surface area contributed by atoms with Crippen LogP contribution in [0, 0.1) is 0 Å². The maximum Gasteiger partial charge on any atom is 0.278 e. The molecule has 0 bridgehead atoms. The number of hydrogen-bond acceptors (Lipinski definition) is 5. The van der Waals surface area contributed by atoms with Crippen molar-refractivity contribution in [2.24, 2.45) is 0 Å². The predicted molar refractivity (Wildman–Crippen MR) is 87.3 cm³/mol. The van der Waals surface area contributed by atoms with E-state index in [1.807, 2.05) is 60.7 Å². The van der Waals surface area contributed by atoms with Gasteiger partial charge < -0.3 is 0 Å². The average Bonchev–Trinajstić information content (AvgIpc) is 2.62. The van der Waals surface area contributed by atoms with Crippen molar-refractivity contribution in [3.05, 3.63) is 72.4 Å². The summed E-state index contributed by atoms with van der Waals surface area (Å²) in [5.41, 5.74) is 2.72. The van der Waals surface area contributed by atoms with E-state index in [1.54, 1.807) is 5.48 Å². The van der Waals surface area contributed by atoms with Gasteiger partial charge in [0.1, 0.15) is 5.03 Å². The smallest absolute Gasteiger partial charge is 0.278 e. The van der Waals surface area contributed by atoms with Gasteiger partial charge in [0.05, 0.1) is 5.56 Å². The first-order chi connectivity index (χ1) is 11.3. The molecule has 0 aliphatic heterocycles. The van der Waals surface area contributed by atoms with Crippen molar-refractivity contribution in [3.8, 4) is 11.4 Å². The van der Waals surface area contributed by atoms with Crippen LogP contribution in [0.5, 0.6) is 0 Å². The van der Waals surface area contributed by atoms with Gasteiger partial charge in [0.2, 0.25) is 0 Å². The van der Waals surface area contributed by atoms with Crippen molar-refractivity contribution >= 4 is 17.7 Å². The normalized spacial score (nSPS) is 10.3. The standard InChI is InChI=1S/C17H13N3O2S/c21-16(20-22)14-11-18-15(12-7-3-1-4-8-12)19-17(14)23-13-9-5-2-6-10-13/h1-11,22H,(H,20,21). The third-order valence-corrected chi connectivity index (χ3v) is 4.10.